The van der Waals surface area contributed by atoms with Crippen LogP contribution in [0.15, 0.2) is 510 Å². The second-order valence-electron chi connectivity index (χ2n) is 33.0. The molecule has 0 amide bonds. The highest BCUT2D eigenvalue weighted by Crippen LogP contribution is 2.51. The van der Waals surface area contributed by atoms with Crippen LogP contribution < -0.4 is 9.80 Å². The number of fused-ring (bicyclic) bond motifs is 12. The number of anilines is 6. The molecule has 0 aliphatic rings. The Morgan fingerprint density at radius 1 is 0.156 bits per heavy atom. The van der Waals surface area contributed by atoms with E-state index in [-0.39, 0.29) is 0 Å². The molecule has 0 atom stereocenters. The van der Waals surface area contributed by atoms with Gasteiger partial charge in [0.25, 0.3) is 0 Å². The Balaban J connectivity index is 0.000000146. The molecule has 128 heavy (non-hydrogen) atoms. The van der Waals surface area contributed by atoms with E-state index in [0.717, 1.165) is 45.5 Å². The highest BCUT2D eigenvalue weighted by Gasteiger charge is 2.40. The summed E-state index contributed by atoms with van der Waals surface area (Å²) in [5.74, 6) is 0. The van der Waals surface area contributed by atoms with Gasteiger partial charge in [-0.05, 0) is 194 Å². The molecule has 24 rings (SSSR count). The summed E-state index contributed by atoms with van der Waals surface area (Å²) in [6.45, 7) is 0. The monoisotopic (exact) mass is 1670 g/mol. The van der Waals surface area contributed by atoms with Gasteiger partial charge in [-0.3, -0.25) is 0 Å². The van der Waals surface area contributed by atoms with Crippen molar-refractivity contribution in [3.05, 3.63) is 554 Å². The van der Waals surface area contributed by atoms with Crippen molar-refractivity contribution < 1.29 is 0 Å². The summed E-state index contributed by atoms with van der Waals surface area (Å²) >= 11 is 3.71. The highest BCUT2D eigenvalue weighted by molar-refractivity contribution is 7.26. The molecule has 0 radical (unpaired) electrons. The van der Waals surface area contributed by atoms with Crippen LogP contribution in [0.2, 0.25) is 0 Å². The maximum Gasteiger partial charge on any atom is 0.0701 e. The zero-order chi connectivity index (χ0) is 84.9. The first kappa shape index (κ1) is 76.9. The zero-order valence-electron chi connectivity index (χ0n) is 70.1. The lowest BCUT2D eigenvalue weighted by Crippen LogP contribution is -2.30. The molecule has 0 unspecified atom stereocenters. The van der Waals surface area contributed by atoms with Gasteiger partial charge in [-0.25, -0.2) is 0 Å². The lowest BCUT2D eigenvalue weighted by Gasteiger charge is -2.37. The van der Waals surface area contributed by atoms with E-state index in [0.29, 0.717) is 0 Å². The van der Waals surface area contributed by atoms with Gasteiger partial charge in [0.2, 0.25) is 0 Å². The Morgan fingerprint density at radius 3 is 0.773 bits per heavy atom. The summed E-state index contributed by atoms with van der Waals surface area (Å²) in [7, 11) is 0. The second-order valence-corrected chi connectivity index (χ2v) is 35.1. The third kappa shape index (κ3) is 13.4. The van der Waals surface area contributed by atoms with Gasteiger partial charge in [-0.1, -0.05) is 382 Å². The zero-order valence-corrected chi connectivity index (χ0v) is 71.7. The maximum atomic E-state index is 2.42. The molecule has 0 aliphatic heterocycles. The Morgan fingerprint density at radius 2 is 0.398 bits per heavy atom. The number of hydrogen-bond donors (Lipinski definition) is 0. The third-order valence-electron chi connectivity index (χ3n) is 25.9. The van der Waals surface area contributed by atoms with Crippen LogP contribution in [0.1, 0.15) is 44.5 Å². The predicted octanol–water partition coefficient (Wildman–Crippen LogP) is 33.3. The van der Waals surface area contributed by atoms with Gasteiger partial charge in [0.15, 0.2) is 0 Å². The van der Waals surface area contributed by atoms with Crippen LogP contribution in [0.4, 0.5) is 34.1 Å². The summed E-state index contributed by atoms with van der Waals surface area (Å²) < 4.78 is 9.97. The van der Waals surface area contributed by atoms with Crippen LogP contribution in [0.5, 0.6) is 0 Å². The van der Waals surface area contributed by atoms with Gasteiger partial charge in [0.1, 0.15) is 0 Å². The van der Waals surface area contributed by atoms with E-state index in [1.54, 1.807) is 0 Å². The SMILES string of the molecule is c1ccc(-n2c3ccccc3c3ccc(N(c4ccc(-c5ccc(C(c6ccccc6)(c6ccccc6)c6ccccc6)cc5)cc4)c4ccc5c(c4)sc4ccccc45)cc32)cc1.c1ccc(-n2c3ccccc3c3ccc(N(c4ccc(-c5ccc(C(c6ccccc6)(c6ccccc6)c6ccccc6)cc5)cc4)c4ccc5sc6ccccc6c5c4)cc32)cc1. The van der Waals surface area contributed by atoms with Crippen molar-refractivity contribution in [1.29, 1.82) is 0 Å². The third-order valence-corrected chi connectivity index (χ3v) is 28.2. The molecular weight excluding hydrogens is 1590 g/mol. The fraction of sp³-hybridized carbons (Fsp3) is 0.0164. The van der Waals surface area contributed by atoms with E-state index in [2.05, 4.69) is 529 Å². The molecule has 0 saturated carbocycles. The molecule has 0 bridgehead atoms. The lowest BCUT2D eigenvalue weighted by molar-refractivity contribution is 0.745. The minimum Gasteiger partial charge on any atom is -0.310 e. The summed E-state index contributed by atoms with van der Waals surface area (Å²) in [4.78, 5) is 4.83. The van der Waals surface area contributed by atoms with Gasteiger partial charge >= 0.3 is 0 Å². The first-order valence-corrected chi connectivity index (χ1v) is 45.5. The van der Waals surface area contributed by atoms with Crippen LogP contribution in [0.3, 0.4) is 0 Å². The fourth-order valence-corrected chi connectivity index (χ4v) is 22.3. The molecule has 4 heterocycles. The van der Waals surface area contributed by atoms with Crippen molar-refractivity contribution in [1.82, 2.24) is 9.13 Å². The standard InChI is InChI=1S/2C61H42N2S/c1-5-17-45(18-6-1)61(46-19-7-2-8-20-46,47-21-9-3-10-22-47)48-33-29-43(30-34-48)44-31-35-50(36-32-44)62(51-38-40-60-56(41-51)55-26-14-16-28-59(55)64-60)52-37-39-54-53-25-13-15-27-57(53)63(58(54)42-52)49-23-11-4-12-24-49;1-5-17-45(18-6-1)61(46-19-7-2-8-20-46,47-21-9-3-10-22-47)48-33-29-43(30-34-48)44-31-35-50(36-32-44)62(52-38-40-56-55-26-14-16-28-59(55)64-60(56)42-52)51-37-39-54-53-25-13-15-27-57(53)63(58(54)41-51)49-23-11-4-12-24-49/h2*1-42H. The molecule has 6 heteroatoms. The molecule has 0 saturated heterocycles. The Kier molecular flexibility index (Phi) is 19.8. The minimum absolute atomic E-state index is 0.491. The van der Waals surface area contributed by atoms with Crippen LogP contribution in [0.25, 0.3) is 118 Å². The van der Waals surface area contributed by atoms with E-state index < -0.39 is 10.8 Å². The summed E-state index contributed by atoms with van der Waals surface area (Å²) in [6, 6.07) is 186. The van der Waals surface area contributed by atoms with Crippen molar-refractivity contribution in [2.75, 3.05) is 9.80 Å². The van der Waals surface area contributed by atoms with Crippen molar-refractivity contribution in [3.8, 4) is 33.6 Å². The fourth-order valence-electron chi connectivity index (χ4n) is 20.1. The van der Waals surface area contributed by atoms with E-state index in [1.807, 2.05) is 22.7 Å². The quantitative estimate of drug-likeness (QED) is 0.0796. The number of para-hydroxylation sites is 4. The molecule has 4 aromatic heterocycles. The Bertz CT molecular complexity index is 7920. The largest absolute Gasteiger partial charge is 0.310 e. The van der Waals surface area contributed by atoms with Gasteiger partial charge in [0.05, 0.1) is 32.9 Å². The average molecular weight is 1670 g/mol. The average Bonchev–Trinajstić information content (AvgIpc) is 1.60. The highest BCUT2D eigenvalue weighted by atomic mass is 32.1. The van der Waals surface area contributed by atoms with Crippen molar-refractivity contribution in [2.45, 2.75) is 10.8 Å². The minimum atomic E-state index is -0.491. The molecular formula is C122H84N4S2. The van der Waals surface area contributed by atoms with E-state index >= 15 is 0 Å². The van der Waals surface area contributed by atoms with Crippen LogP contribution >= 0.6 is 22.7 Å². The lowest BCUT2D eigenvalue weighted by atomic mass is 9.65. The topological polar surface area (TPSA) is 16.3 Å². The molecule has 0 spiro atoms. The number of rotatable bonds is 18. The molecule has 0 N–H and O–H groups in total. The number of nitrogens with zero attached hydrogens (tertiary/aromatic N) is 4. The first-order valence-electron chi connectivity index (χ1n) is 43.8. The molecule has 24 aromatic rings. The number of thiophene rings is 2. The van der Waals surface area contributed by atoms with Crippen molar-refractivity contribution in [2.24, 2.45) is 0 Å². The van der Waals surface area contributed by atoms with Crippen LogP contribution in [-0.4, -0.2) is 9.13 Å². The molecule has 20 aromatic carbocycles. The number of aromatic nitrogens is 2. The Hall–Kier alpha value is -16.0. The van der Waals surface area contributed by atoms with Gasteiger partial charge < -0.3 is 18.9 Å². The first-order chi connectivity index (χ1) is 63.5. The molecule has 604 valence electrons. The predicted molar refractivity (Wildman–Crippen MR) is 544 cm³/mol. The second kappa shape index (κ2) is 32.9. The Labute approximate surface area is 752 Å². The van der Waals surface area contributed by atoms with Gasteiger partial charge in [0, 0.05) is 107 Å². The van der Waals surface area contributed by atoms with Gasteiger partial charge in [-0.15, -0.1) is 22.7 Å². The van der Waals surface area contributed by atoms with Crippen LogP contribution in [-0.2, 0) is 10.8 Å². The maximum absolute atomic E-state index is 2.42. The van der Waals surface area contributed by atoms with Crippen molar-refractivity contribution in [3.63, 3.8) is 0 Å². The summed E-state index contributed by atoms with van der Waals surface area (Å²) in [5, 5.41) is 10.1. The number of hydrogen-bond acceptors (Lipinski definition) is 4. The van der Waals surface area contributed by atoms with E-state index in [4.69, 9.17) is 0 Å². The molecule has 4 nitrogen and oxygen atoms in total. The summed E-state index contributed by atoms with van der Waals surface area (Å²) in [5.41, 5.74) is 27.2. The number of benzene rings is 20. The van der Waals surface area contributed by atoms with E-state index in [9.17, 15) is 0 Å². The molecule has 0 aliphatic carbocycles. The summed E-state index contributed by atoms with van der Waals surface area (Å²) in [6.07, 6.45) is 0. The van der Waals surface area contributed by atoms with E-state index in [1.165, 1.54) is 151 Å². The van der Waals surface area contributed by atoms with Gasteiger partial charge in [-0.2, -0.15) is 0 Å². The van der Waals surface area contributed by atoms with Crippen LogP contribution in [0, 0.1) is 0 Å². The molecule has 0 fully saturated rings. The van der Waals surface area contributed by atoms with Crippen molar-refractivity contribution >= 4 is 141 Å². The smallest absolute Gasteiger partial charge is 0.0701 e. The normalized spacial score (nSPS) is 11.8.